The standard InChI is InChI=1S/C16H21N3O2/c1-5-12-6-7-15(20)14(8-12)16(21)18(3)10-13-9-17-19(4)11(13)2/h6-9,20H,5,10H2,1-4H3. The van der Waals surface area contributed by atoms with Crippen LogP contribution in [0.4, 0.5) is 0 Å². The summed E-state index contributed by atoms with van der Waals surface area (Å²) < 4.78 is 1.78. The van der Waals surface area contributed by atoms with E-state index in [4.69, 9.17) is 0 Å². The van der Waals surface area contributed by atoms with E-state index in [9.17, 15) is 9.90 Å². The van der Waals surface area contributed by atoms with Crippen molar-refractivity contribution in [1.29, 1.82) is 0 Å². The molecule has 0 bridgehead atoms. The van der Waals surface area contributed by atoms with Crippen LogP contribution in [0.2, 0.25) is 0 Å². The van der Waals surface area contributed by atoms with E-state index in [0.717, 1.165) is 23.2 Å². The maximum Gasteiger partial charge on any atom is 0.257 e. The topological polar surface area (TPSA) is 58.4 Å². The van der Waals surface area contributed by atoms with Crippen molar-refractivity contribution in [2.75, 3.05) is 7.05 Å². The van der Waals surface area contributed by atoms with Gasteiger partial charge in [0, 0.05) is 31.9 Å². The number of hydrogen-bond donors (Lipinski definition) is 1. The zero-order valence-electron chi connectivity index (χ0n) is 12.9. The van der Waals surface area contributed by atoms with Crippen molar-refractivity contribution in [3.8, 4) is 5.75 Å². The molecule has 0 unspecified atom stereocenters. The van der Waals surface area contributed by atoms with Crippen molar-refractivity contribution in [1.82, 2.24) is 14.7 Å². The van der Waals surface area contributed by atoms with Crippen LogP contribution in [0.1, 0.15) is 34.1 Å². The number of rotatable bonds is 4. The van der Waals surface area contributed by atoms with Crippen molar-refractivity contribution in [2.24, 2.45) is 7.05 Å². The Hall–Kier alpha value is -2.30. The number of aromatic hydroxyl groups is 1. The van der Waals surface area contributed by atoms with Gasteiger partial charge in [-0.05, 0) is 31.0 Å². The summed E-state index contributed by atoms with van der Waals surface area (Å²) in [6, 6.07) is 5.16. The molecule has 0 atom stereocenters. The molecule has 2 aromatic rings. The van der Waals surface area contributed by atoms with Gasteiger partial charge in [-0.1, -0.05) is 13.0 Å². The van der Waals surface area contributed by atoms with Crippen LogP contribution in [0.15, 0.2) is 24.4 Å². The molecule has 1 aromatic heterocycles. The number of carbonyl (C=O) groups excluding carboxylic acids is 1. The molecule has 2 rings (SSSR count). The first kappa shape index (κ1) is 15.1. The predicted molar refractivity (Wildman–Crippen MR) is 81.2 cm³/mol. The first-order valence-corrected chi connectivity index (χ1v) is 6.98. The molecule has 1 N–H and O–H groups in total. The fourth-order valence-electron chi connectivity index (χ4n) is 2.21. The minimum atomic E-state index is -0.189. The average Bonchev–Trinajstić information content (AvgIpc) is 2.79. The highest BCUT2D eigenvalue weighted by molar-refractivity contribution is 5.96. The van der Waals surface area contributed by atoms with Gasteiger partial charge in [0.25, 0.3) is 5.91 Å². The molecule has 0 aliphatic carbocycles. The molecule has 0 saturated carbocycles. The van der Waals surface area contributed by atoms with E-state index >= 15 is 0 Å². The molecule has 1 heterocycles. The molecule has 5 nitrogen and oxygen atoms in total. The lowest BCUT2D eigenvalue weighted by molar-refractivity contribution is 0.0781. The lowest BCUT2D eigenvalue weighted by atomic mass is 10.1. The number of benzene rings is 1. The first-order valence-electron chi connectivity index (χ1n) is 6.98. The van der Waals surface area contributed by atoms with Crippen LogP contribution >= 0.6 is 0 Å². The molecular weight excluding hydrogens is 266 g/mol. The Balaban J connectivity index is 2.21. The zero-order chi connectivity index (χ0) is 15.6. The molecular formula is C16H21N3O2. The van der Waals surface area contributed by atoms with Crippen molar-refractivity contribution in [3.63, 3.8) is 0 Å². The summed E-state index contributed by atoms with van der Waals surface area (Å²) in [5.41, 5.74) is 3.40. The van der Waals surface area contributed by atoms with Gasteiger partial charge in [0.2, 0.25) is 0 Å². The second kappa shape index (κ2) is 5.99. The first-order chi connectivity index (χ1) is 9.93. The highest BCUT2D eigenvalue weighted by atomic mass is 16.3. The van der Waals surface area contributed by atoms with Crippen LogP contribution in [-0.4, -0.2) is 32.7 Å². The van der Waals surface area contributed by atoms with Gasteiger partial charge in [0.1, 0.15) is 5.75 Å². The lowest BCUT2D eigenvalue weighted by Crippen LogP contribution is -2.26. The minimum absolute atomic E-state index is 0.0203. The average molecular weight is 287 g/mol. The summed E-state index contributed by atoms with van der Waals surface area (Å²) in [6.45, 7) is 4.45. The number of phenolic OH excluding ortho intramolecular Hbond substituents is 1. The summed E-state index contributed by atoms with van der Waals surface area (Å²) in [6.07, 6.45) is 2.59. The maximum absolute atomic E-state index is 12.5. The number of aromatic nitrogens is 2. The molecule has 1 aromatic carbocycles. The van der Waals surface area contributed by atoms with Gasteiger partial charge in [-0.15, -0.1) is 0 Å². The Kier molecular flexibility index (Phi) is 4.31. The third-order valence-corrected chi connectivity index (χ3v) is 3.79. The molecule has 1 amide bonds. The van der Waals surface area contributed by atoms with Gasteiger partial charge < -0.3 is 10.0 Å². The molecule has 0 fully saturated rings. The fourth-order valence-corrected chi connectivity index (χ4v) is 2.21. The summed E-state index contributed by atoms with van der Waals surface area (Å²) in [4.78, 5) is 14.1. The lowest BCUT2D eigenvalue weighted by Gasteiger charge is -2.18. The van der Waals surface area contributed by atoms with Gasteiger partial charge in [-0.25, -0.2) is 0 Å². The van der Waals surface area contributed by atoms with E-state index in [0.29, 0.717) is 12.1 Å². The number of hydrogen-bond acceptors (Lipinski definition) is 3. The van der Waals surface area contributed by atoms with Crippen molar-refractivity contribution < 1.29 is 9.90 Å². The smallest absolute Gasteiger partial charge is 0.257 e. The zero-order valence-corrected chi connectivity index (χ0v) is 12.9. The fraction of sp³-hybridized carbons (Fsp3) is 0.375. The van der Waals surface area contributed by atoms with Crippen molar-refractivity contribution >= 4 is 5.91 Å². The van der Waals surface area contributed by atoms with Crippen LogP contribution in [-0.2, 0) is 20.0 Å². The normalized spacial score (nSPS) is 10.7. The van der Waals surface area contributed by atoms with Gasteiger partial charge in [-0.2, -0.15) is 5.10 Å². The number of carbonyl (C=O) groups is 1. The maximum atomic E-state index is 12.5. The Bertz CT molecular complexity index is 662. The third kappa shape index (κ3) is 3.07. The van der Waals surface area contributed by atoms with Crippen LogP contribution < -0.4 is 0 Å². The summed E-state index contributed by atoms with van der Waals surface area (Å²) in [7, 11) is 3.60. The van der Waals surface area contributed by atoms with Crippen LogP contribution in [0.3, 0.4) is 0 Å². The van der Waals surface area contributed by atoms with Crippen molar-refractivity contribution in [3.05, 3.63) is 46.8 Å². The van der Waals surface area contributed by atoms with E-state index < -0.39 is 0 Å². The highest BCUT2D eigenvalue weighted by Gasteiger charge is 2.18. The Morgan fingerprint density at radius 2 is 2.14 bits per heavy atom. The molecule has 0 saturated heterocycles. The molecule has 0 aliphatic rings. The molecule has 21 heavy (non-hydrogen) atoms. The van der Waals surface area contributed by atoms with E-state index in [1.165, 1.54) is 0 Å². The molecule has 0 spiro atoms. The predicted octanol–water partition coefficient (Wildman–Crippen LogP) is 2.27. The van der Waals surface area contributed by atoms with Gasteiger partial charge in [0.15, 0.2) is 0 Å². The van der Waals surface area contributed by atoms with Gasteiger partial charge in [-0.3, -0.25) is 9.48 Å². The monoisotopic (exact) mass is 287 g/mol. The number of phenols is 1. The van der Waals surface area contributed by atoms with Crippen LogP contribution in [0, 0.1) is 6.92 Å². The summed E-state index contributed by atoms with van der Waals surface area (Å²) in [5.74, 6) is -0.169. The van der Waals surface area contributed by atoms with E-state index in [1.54, 1.807) is 35.0 Å². The van der Waals surface area contributed by atoms with Gasteiger partial charge >= 0.3 is 0 Å². The molecule has 112 valence electrons. The third-order valence-electron chi connectivity index (χ3n) is 3.79. The van der Waals surface area contributed by atoms with E-state index in [-0.39, 0.29) is 11.7 Å². The van der Waals surface area contributed by atoms with Crippen LogP contribution in [0.5, 0.6) is 5.75 Å². The number of aryl methyl sites for hydroxylation is 2. The minimum Gasteiger partial charge on any atom is -0.507 e. The largest absolute Gasteiger partial charge is 0.507 e. The Morgan fingerprint density at radius 1 is 1.43 bits per heavy atom. The second-order valence-corrected chi connectivity index (χ2v) is 5.25. The van der Waals surface area contributed by atoms with Crippen molar-refractivity contribution in [2.45, 2.75) is 26.8 Å². The van der Waals surface area contributed by atoms with Gasteiger partial charge in [0.05, 0.1) is 11.8 Å². The van der Waals surface area contributed by atoms with E-state index in [2.05, 4.69) is 5.10 Å². The quantitative estimate of drug-likeness (QED) is 0.938. The number of nitrogens with zero attached hydrogens (tertiary/aromatic N) is 3. The Morgan fingerprint density at radius 3 is 2.71 bits per heavy atom. The number of amides is 1. The Labute approximate surface area is 124 Å². The van der Waals surface area contributed by atoms with Crippen LogP contribution in [0.25, 0.3) is 0 Å². The summed E-state index contributed by atoms with van der Waals surface area (Å²) >= 11 is 0. The highest BCUT2D eigenvalue weighted by Crippen LogP contribution is 2.21. The second-order valence-electron chi connectivity index (χ2n) is 5.25. The molecule has 0 radical (unpaired) electrons. The molecule has 0 aliphatic heterocycles. The molecule has 5 heteroatoms. The SMILES string of the molecule is CCc1ccc(O)c(C(=O)N(C)Cc2cnn(C)c2C)c1. The van der Waals surface area contributed by atoms with E-state index in [1.807, 2.05) is 27.0 Å². The summed E-state index contributed by atoms with van der Waals surface area (Å²) in [5, 5.41) is 14.1.